The van der Waals surface area contributed by atoms with Crippen molar-refractivity contribution in [3.05, 3.63) is 0 Å². The van der Waals surface area contributed by atoms with Gasteiger partial charge in [0.05, 0.1) is 6.61 Å². The molecule has 0 saturated carbocycles. The van der Waals surface area contributed by atoms with Gasteiger partial charge >= 0.3 is 5.97 Å². The molecule has 0 aliphatic heterocycles. The summed E-state index contributed by atoms with van der Waals surface area (Å²) >= 11 is 1.28. The molecule has 0 atom stereocenters. The molecule has 0 aromatic carbocycles. The molecule has 0 aliphatic rings. The van der Waals surface area contributed by atoms with E-state index in [2.05, 4.69) is 6.92 Å². The Morgan fingerprint density at radius 1 is 0.739 bits per heavy atom. The number of rotatable bonds is 16. The van der Waals surface area contributed by atoms with E-state index in [-0.39, 0.29) is 17.5 Å². The Balaban J connectivity index is 3.27. The highest BCUT2D eigenvalue weighted by Gasteiger charge is 2.10. The number of hydrogen-bond donors (Lipinski definition) is 0. The zero-order chi connectivity index (χ0) is 17.2. The smallest absolute Gasteiger partial charge is 0.314 e. The molecule has 3 nitrogen and oxygen atoms in total. The summed E-state index contributed by atoms with van der Waals surface area (Å²) in [4.78, 5) is 23.0. The van der Waals surface area contributed by atoms with Crippen molar-refractivity contribution in [2.45, 2.75) is 97.3 Å². The van der Waals surface area contributed by atoms with Crippen molar-refractivity contribution in [2.24, 2.45) is 0 Å². The summed E-state index contributed by atoms with van der Waals surface area (Å²) < 4.78 is 4.99. The van der Waals surface area contributed by atoms with Crippen LogP contribution in [0.1, 0.15) is 97.3 Å². The van der Waals surface area contributed by atoms with Crippen LogP contribution in [0.15, 0.2) is 0 Å². The molecule has 0 heterocycles. The van der Waals surface area contributed by atoms with E-state index < -0.39 is 0 Å². The van der Waals surface area contributed by atoms with Gasteiger partial charge in [-0.1, -0.05) is 89.8 Å². The molecule has 0 aromatic rings. The Morgan fingerprint density at radius 2 is 1.26 bits per heavy atom. The summed E-state index contributed by atoms with van der Waals surface area (Å²) in [6.45, 7) is 4.73. The van der Waals surface area contributed by atoms with Crippen molar-refractivity contribution in [2.75, 3.05) is 12.4 Å². The van der Waals surface area contributed by atoms with Crippen LogP contribution < -0.4 is 0 Å². The summed E-state index contributed by atoms with van der Waals surface area (Å²) in [7, 11) is 0. The van der Waals surface area contributed by atoms with E-state index in [9.17, 15) is 9.59 Å². The number of ether oxygens (including phenoxy) is 1. The van der Waals surface area contributed by atoms with Crippen LogP contribution in [0, 0.1) is 0 Å². The first kappa shape index (κ1) is 22.5. The number of esters is 1. The molecule has 0 saturated heterocycles. The van der Waals surface area contributed by atoms with Crippen molar-refractivity contribution < 1.29 is 14.3 Å². The van der Waals surface area contributed by atoms with E-state index >= 15 is 0 Å². The molecule has 23 heavy (non-hydrogen) atoms. The molecule has 0 unspecified atom stereocenters. The summed E-state index contributed by atoms with van der Waals surface area (Å²) in [5.41, 5.74) is 0. The van der Waals surface area contributed by atoms with Crippen LogP contribution in [0.25, 0.3) is 0 Å². The van der Waals surface area contributed by atoms with Crippen LogP contribution in [0.5, 0.6) is 0 Å². The van der Waals surface area contributed by atoms with Gasteiger partial charge in [-0.2, -0.15) is 0 Å². The summed E-state index contributed by atoms with van der Waals surface area (Å²) in [6, 6.07) is 0. The van der Waals surface area contributed by atoms with Gasteiger partial charge in [-0.05, 0) is 12.8 Å². The van der Waals surface area contributed by atoms with Crippen LogP contribution in [0.3, 0.4) is 0 Å². The Bertz CT molecular complexity index is 292. The lowest BCUT2D eigenvalue weighted by molar-refractivity contribution is -0.144. The SMILES string of the molecule is CCCCCCCCCCCCSC(=O)CC(=O)OCCCC. The largest absolute Gasteiger partial charge is 0.465 e. The molecular formula is C19H36O3S. The summed E-state index contributed by atoms with van der Waals surface area (Å²) in [5.74, 6) is 0.455. The highest BCUT2D eigenvalue weighted by Crippen LogP contribution is 2.13. The summed E-state index contributed by atoms with van der Waals surface area (Å²) in [5, 5.41) is -0.0533. The number of unbranched alkanes of at least 4 members (excludes halogenated alkanes) is 10. The van der Waals surface area contributed by atoms with Gasteiger partial charge in [-0.25, -0.2) is 0 Å². The van der Waals surface area contributed by atoms with Crippen LogP contribution >= 0.6 is 11.8 Å². The van der Waals surface area contributed by atoms with Crippen molar-refractivity contribution in [3.63, 3.8) is 0 Å². The zero-order valence-electron chi connectivity index (χ0n) is 15.2. The highest BCUT2D eigenvalue weighted by atomic mass is 32.2. The Labute approximate surface area is 147 Å². The fourth-order valence-corrected chi connectivity index (χ4v) is 3.12. The summed E-state index contributed by atoms with van der Waals surface area (Å²) in [6.07, 6.45) is 14.8. The zero-order valence-corrected chi connectivity index (χ0v) is 16.1. The lowest BCUT2D eigenvalue weighted by Crippen LogP contribution is -2.10. The maximum Gasteiger partial charge on any atom is 0.314 e. The normalized spacial score (nSPS) is 10.7. The lowest BCUT2D eigenvalue weighted by atomic mass is 10.1. The molecule has 0 radical (unpaired) electrons. The third kappa shape index (κ3) is 17.7. The number of carbonyl (C=O) groups is 2. The Kier molecular flexibility index (Phi) is 17.4. The second kappa shape index (κ2) is 17.8. The van der Waals surface area contributed by atoms with Gasteiger partial charge in [0.15, 0.2) is 5.12 Å². The minimum atomic E-state index is -0.376. The molecule has 0 N–H and O–H groups in total. The topological polar surface area (TPSA) is 43.4 Å². The second-order valence-corrected chi connectivity index (χ2v) is 7.31. The minimum absolute atomic E-state index is 0.0533. The average Bonchev–Trinajstić information content (AvgIpc) is 2.52. The molecule has 0 rings (SSSR count). The van der Waals surface area contributed by atoms with Crippen molar-refractivity contribution >= 4 is 22.8 Å². The molecule has 136 valence electrons. The van der Waals surface area contributed by atoms with Gasteiger partial charge in [-0.3, -0.25) is 9.59 Å². The first-order chi connectivity index (χ1) is 11.2. The van der Waals surface area contributed by atoms with Crippen LogP contribution in [0.4, 0.5) is 0 Å². The molecule has 0 aliphatic carbocycles. The minimum Gasteiger partial charge on any atom is -0.465 e. The van der Waals surface area contributed by atoms with Gasteiger partial charge in [0.25, 0.3) is 0 Å². The fraction of sp³-hybridized carbons (Fsp3) is 0.895. The molecule has 0 aromatic heterocycles. The maximum atomic E-state index is 11.6. The van der Waals surface area contributed by atoms with Crippen molar-refractivity contribution in [3.8, 4) is 0 Å². The van der Waals surface area contributed by atoms with Crippen LogP contribution in [-0.2, 0) is 14.3 Å². The predicted molar refractivity (Wildman–Crippen MR) is 99.8 cm³/mol. The number of thioether (sulfide) groups is 1. The average molecular weight is 345 g/mol. The van der Waals surface area contributed by atoms with Gasteiger partial charge < -0.3 is 4.74 Å². The van der Waals surface area contributed by atoms with E-state index in [0.29, 0.717) is 6.61 Å². The first-order valence-corrected chi connectivity index (χ1v) is 10.5. The predicted octanol–water partition coefficient (Wildman–Crippen LogP) is 5.90. The quantitative estimate of drug-likeness (QED) is 0.199. The molecule has 4 heteroatoms. The van der Waals surface area contributed by atoms with Gasteiger partial charge in [0.1, 0.15) is 6.42 Å². The monoisotopic (exact) mass is 344 g/mol. The standard InChI is InChI=1S/C19H36O3S/c1-3-5-7-8-9-10-11-12-13-14-16-23-19(21)17-18(20)22-15-6-4-2/h3-17H2,1-2H3. The Hall–Kier alpha value is -0.510. The fourth-order valence-electron chi connectivity index (χ4n) is 2.33. The molecular weight excluding hydrogens is 308 g/mol. The van der Waals surface area contributed by atoms with Gasteiger partial charge in [-0.15, -0.1) is 0 Å². The molecule has 0 bridgehead atoms. The molecule has 0 amide bonds. The van der Waals surface area contributed by atoms with Crippen LogP contribution in [0.2, 0.25) is 0 Å². The van der Waals surface area contributed by atoms with Crippen molar-refractivity contribution in [1.82, 2.24) is 0 Å². The lowest BCUT2D eigenvalue weighted by Gasteiger charge is -2.04. The third-order valence-electron chi connectivity index (χ3n) is 3.81. The third-order valence-corrected chi connectivity index (χ3v) is 4.77. The second-order valence-electron chi connectivity index (χ2n) is 6.15. The molecule has 0 spiro atoms. The van der Waals surface area contributed by atoms with Gasteiger partial charge in [0.2, 0.25) is 0 Å². The highest BCUT2D eigenvalue weighted by molar-refractivity contribution is 8.13. The first-order valence-electron chi connectivity index (χ1n) is 9.52. The van der Waals surface area contributed by atoms with Crippen molar-refractivity contribution in [1.29, 1.82) is 0 Å². The van der Waals surface area contributed by atoms with E-state index in [0.717, 1.165) is 25.0 Å². The molecule has 0 fully saturated rings. The van der Waals surface area contributed by atoms with E-state index in [1.165, 1.54) is 69.5 Å². The van der Waals surface area contributed by atoms with E-state index in [1.54, 1.807) is 0 Å². The van der Waals surface area contributed by atoms with Gasteiger partial charge in [0, 0.05) is 5.75 Å². The maximum absolute atomic E-state index is 11.6. The number of hydrogen-bond acceptors (Lipinski definition) is 4. The van der Waals surface area contributed by atoms with E-state index in [1.807, 2.05) is 6.92 Å². The Morgan fingerprint density at radius 3 is 1.83 bits per heavy atom. The van der Waals surface area contributed by atoms with E-state index in [4.69, 9.17) is 4.74 Å². The van der Waals surface area contributed by atoms with Crippen LogP contribution in [-0.4, -0.2) is 23.4 Å². The number of carbonyl (C=O) groups excluding carboxylic acids is 2.